The molecule has 0 atom stereocenters. The van der Waals surface area contributed by atoms with Gasteiger partial charge >= 0.3 is 6.03 Å². The van der Waals surface area contributed by atoms with Crippen LogP contribution in [0.3, 0.4) is 0 Å². The Bertz CT molecular complexity index is 508. The molecule has 96 valence electrons. The maximum Gasteiger partial charge on any atom is 0.323 e. The summed E-state index contributed by atoms with van der Waals surface area (Å²) in [5, 5.41) is 12.2. The lowest BCUT2D eigenvalue weighted by Gasteiger charge is -2.18. The maximum atomic E-state index is 11.9. The molecule has 1 heterocycles. The van der Waals surface area contributed by atoms with Gasteiger partial charge < -0.3 is 10.0 Å². The van der Waals surface area contributed by atoms with E-state index >= 15 is 0 Å². The van der Waals surface area contributed by atoms with Crippen LogP contribution in [0.1, 0.15) is 6.92 Å². The summed E-state index contributed by atoms with van der Waals surface area (Å²) < 4.78 is 1.04. The minimum Gasteiger partial charge on any atom is -0.395 e. The first-order chi connectivity index (χ1) is 8.74. The molecule has 2 aromatic rings. The number of rotatable bonds is 4. The van der Waals surface area contributed by atoms with Gasteiger partial charge in [-0.05, 0) is 19.1 Å². The van der Waals surface area contributed by atoms with Crippen molar-refractivity contribution in [1.29, 1.82) is 0 Å². The average Bonchev–Trinajstić information content (AvgIpc) is 2.77. The summed E-state index contributed by atoms with van der Waals surface area (Å²) in [6, 6.07) is 7.50. The van der Waals surface area contributed by atoms with Crippen molar-refractivity contribution in [3.63, 3.8) is 0 Å². The molecular formula is C12H15N3O2S. The normalized spacial score (nSPS) is 10.6. The second-order valence-electron chi connectivity index (χ2n) is 3.72. The fraction of sp³-hybridized carbons (Fsp3) is 0.333. The van der Waals surface area contributed by atoms with Gasteiger partial charge in [-0.1, -0.05) is 23.5 Å². The number of amides is 2. The van der Waals surface area contributed by atoms with Crippen molar-refractivity contribution >= 4 is 32.7 Å². The van der Waals surface area contributed by atoms with Crippen molar-refractivity contribution in [2.75, 3.05) is 25.0 Å². The number of anilines is 1. The van der Waals surface area contributed by atoms with Crippen LogP contribution in [0.4, 0.5) is 9.93 Å². The van der Waals surface area contributed by atoms with Crippen LogP contribution >= 0.6 is 11.3 Å². The van der Waals surface area contributed by atoms with E-state index < -0.39 is 0 Å². The Morgan fingerprint density at radius 3 is 2.94 bits per heavy atom. The standard InChI is InChI=1S/C12H15N3O2S/c1-2-15(7-8-16)12(17)14-11-13-9-5-3-4-6-10(9)18-11/h3-6,16H,2,7-8H2,1H3,(H,13,14,17). The van der Waals surface area contributed by atoms with Gasteiger partial charge in [0.25, 0.3) is 0 Å². The monoisotopic (exact) mass is 265 g/mol. The number of nitrogens with one attached hydrogen (secondary N) is 1. The number of aromatic nitrogens is 1. The summed E-state index contributed by atoms with van der Waals surface area (Å²) >= 11 is 1.44. The van der Waals surface area contributed by atoms with Gasteiger partial charge in [0.05, 0.1) is 16.8 Å². The number of hydrogen-bond donors (Lipinski definition) is 2. The zero-order chi connectivity index (χ0) is 13.0. The molecule has 0 bridgehead atoms. The Morgan fingerprint density at radius 2 is 2.28 bits per heavy atom. The van der Waals surface area contributed by atoms with Gasteiger partial charge in [-0.2, -0.15) is 0 Å². The Labute approximate surface area is 109 Å². The highest BCUT2D eigenvalue weighted by Gasteiger charge is 2.13. The second kappa shape index (κ2) is 5.79. The zero-order valence-corrected chi connectivity index (χ0v) is 10.9. The Hall–Kier alpha value is -1.66. The molecule has 1 aromatic heterocycles. The van der Waals surface area contributed by atoms with Crippen molar-refractivity contribution in [2.45, 2.75) is 6.92 Å². The van der Waals surface area contributed by atoms with Gasteiger partial charge in [0.15, 0.2) is 5.13 Å². The highest BCUT2D eigenvalue weighted by atomic mass is 32.1. The van der Waals surface area contributed by atoms with E-state index in [0.717, 1.165) is 10.2 Å². The molecule has 18 heavy (non-hydrogen) atoms. The van der Waals surface area contributed by atoms with Crippen molar-refractivity contribution in [3.05, 3.63) is 24.3 Å². The number of benzene rings is 1. The molecule has 0 unspecified atom stereocenters. The molecule has 2 rings (SSSR count). The number of nitrogens with zero attached hydrogens (tertiary/aromatic N) is 2. The van der Waals surface area contributed by atoms with Gasteiger partial charge in [0.2, 0.25) is 0 Å². The largest absolute Gasteiger partial charge is 0.395 e. The number of urea groups is 1. The van der Waals surface area contributed by atoms with E-state index in [0.29, 0.717) is 18.2 Å². The first kappa shape index (κ1) is 12.8. The van der Waals surface area contributed by atoms with Crippen molar-refractivity contribution in [2.24, 2.45) is 0 Å². The predicted molar refractivity (Wildman–Crippen MR) is 73.0 cm³/mol. The SMILES string of the molecule is CCN(CCO)C(=O)Nc1nc2ccccc2s1. The molecule has 0 saturated heterocycles. The molecule has 0 aliphatic heterocycles. The van der Waals surface area contributed by atoms with Crippen LogP contribution in [0.15, 0.2) is 24.3 Å². The lowest BCUT2D eigenvalue weighted by molar-refractivity contribution is 0.192. The first-order valence-corrected chi connectivity index (χ1v) is 6.58. The van der Waals surface area contributed by atoms with E-state index in [1.807, 2.05) is 31.2 Å². The topological polar surface area (TPSA) is 65.5 Å². The molecule has 0 aliphatic carbocycles. The molecule has 1 aromatic carbocycles. The number of aliphatic hydroxyl groups excluding tert-OH is 1. The third-order valence-corrected chi connectivity index (χ3v) is 3.50. The molecule has 2 N–H and O–H groups in total. The molecule has 6 heteroatoms. The summed E-state index contributed by atoms with van der Waals surface area (Å²) in [4.78, 5) is 17.7. The quantitative estimate of drug-likeness (QED) is 0.890. The number of para-hydroxylation sites is 1. The smallest absolute Gasteiger partial charge is 0.323 e. The second-order valence-corrected chi connectivity index (χ2v) is 4.75. The van der Waals surface area contributed by atoms with E-state index in [1.54, 1.807) is 0 Å². The molecular weight excluding hydrogens is 250 g/mol. The number of aliphatic hydroxyl groups is 1. The molecule has 5 nitrogen and oxygen atoms in total. The minimum atomic E-state index is -0.231. The lowest BCUT2D eigenvalue weighted by Crippen LogP contribution is -2.36. The van der Waals surface area contributed by atoms with Crippen LogP contribution < -0.4 is 5.32 Å². The minimum absolute atomic E-state index is 0.0406. The molecule has 0 spiro atoms. The van der Waals surface area contributed by atoms with Crippen molar-refractivity contribution in [3.8, 4) is 0 Å². The molecule has 2 amide bonds. The number of fused-ring (bicyclic) bond motifs is 1. The summed E-state index contributed by atoms with van der Waals surface area (Å²) in [6.07, 6.45) is 0. The Balaban J connectivity index is 2.10. The fourth-order valence-electron chi connectivity index (χ4n) is 1.62. The third-order valence-electron chi connectivity index (χ3n) is 2.55. The number of carbonyl (C=O) groups excluding carboxylic acids is 1. The summed E-state index contributed by atoms with van der Waals surface area (Å²) in [6.45, 7) is 2.71. The van der Waals surface area contributed by atoms with Crippen molar-refractivity contribution in [1.82, 2.24) is 9.88 Å². The number of hydrogen-bond acceptors (Lipinski definition) is 4. The zero-order valence-electron chi connectivity index (χ0n) is 10.1. The summed E-state index contributed by atoms with van der Waals surface area (Å²) in [5.74, 6) is 0. The molecule has 0 radical (unpaired) electrons. The predicted octanol–water partition coefficient (Wildman–Crippen LogP) is 2.14. The number of likely N-dealkylation sites (N-methyl/N-ethyl adjacent to an activating group) is 1. The molecule has 0 fully saturated rings. The van der Waals surface area contributed by atoms with E-state index in [-0.39, 0.29) is 12.6 Å². The van der Waals surface area contributed by atoms with E-state index in [2.05, 4.69) is 10.3 Å². The van der Waals surface area contributed by atoms with Gasteiger partial charge in [0, 0.05) is 13.1 Å². The van der Waals surface area contributed by atoms with Gasteiger partial charge in [-0.3, -0.25) is 5.32 Å². The van der Waals surface area contributed by atoms with Crippen LogP contribution in [0.2, 0.25) is 0 Å². The Kier molecular flexibility index (Phi) is 4.11. The van der Waals surface area contributed by atoms with E-state index in [9.17, 15) is 4.79 Å². The summed E-state index contributed by atoms with van der Waals surface area (Å²) in [7, 11) is 0. The summed E-state index contributed by atoms with van der Waals surface area (Å²) in [5.41, 5.74) is 0.878. The molecule has 0 aliphatic rings. The van der Waals surface area contributed by atoms with Crippen LogP contribution in [0.25, 0.3) is 10.2 Å². The van der Waals surface area contributed by atoms with Crippen LogP contribution in [0.5, 0.6) is 0 Å². The average molecular weight is 265 g/mol. The van der Waals surface area contributed by atoms with Gasteiger partial charge in [0.1, 0.15) is 0 Å². The fourth-order valence-corrected chi connectivity index (χ4v) is 2.48. The van der Waals surface area contributed by atoms with Gasteiger partial charge in [-0.15, -0.1) is 0 Å². The number of carbonyl (C=O) groups is 1. The lowest BCUT2D eigenvalue weighted by atomic mass is 10.3. The maximum absolute atomic E-state index is 11.9. The van der Waals surface area contributed by atoms with Crippen LogP contribution in [0, 0.1) is 0 Å². The van der Waals surface area contributed by atoms with Crippen LogP contribution in [-0.2, 0) is 0 Å². The van der Waals surface area contributed by atoms with Crippen molar-refractivity contribution < 1.29 is 9.90 Å². The van der Waals surface area contributed by atoms with Gasteiger partial charge in [-0.25, -0.2) is 9.78 Å². The number of thiazole rings is 1. The van der Waals surface area contributed by atoms with E-state index in [4.69, 9.17) is 5.11 Å². The third kappa shape index (κ3) is 2.77. The highest BCUT2D eigenvalue weighted by Crippen LogP contribution is 2.25. The molecule has 0 saturated carbocycles. The van der Waals surface area contributed by atoms with Crippen LogP contribution in [-0.4, -0.2) is 40.7 Å². The highest BCUT2D eigenvalue weighted by molar-refractivity contribution is 7.22. The Morgan fingerprint density at radius 1 is 1.50 bits per heavy atom. The van der Waals surface area contributed by atoms with E-state index in [1.165, 1.54) is 16.2 Å². The first-order valence-electron chi connectivity index (χ1n) is 5.77.